The van der Waals surface area contributed by atoms with Crippen molar-refractivity contribution in [1.29, 1.82) is 5.26 Å². The van der Waals surface area contributed by atoms with E-state index in [1.54, 1.807) is 14.0 Å². The molecular formula is C17H24BrN3O2. The highest BCUT2D eigenvalue weighted by Crippen LogP contribution is 2.27. The minimum absolute atomic E-state index is 0.00431. The second kappa shape index (κ2) is 8.32. The Labute approximate surface area is 146 Å². The number of nitriles is 1. The molecule has 0 aliphatic carbocycles. The summed E-state index contributed by atoms with van der Waals surface area (Å²) in [4.78, 5) is 12.1. The van der Waals surface area contributed by atoms with Crippen LogP contribution in [0, 0.1) is 17.2 Å². The molecule has 5 nitrogen and oxygen atoms in total. The zero-order chi connectivity index (χ0) is 17.6. The van der Waals surface area contributed by atoms with Gasteiger partial charge in [-0.15, -0.1) is 0 Å². The van der Waals surface area contributed by atoms with Gasteiger partial charge in [-0.3, -0.25) is 4.79 Å². The lowest BCUT2D eigenvalue weighted by Crippen LogP contribution is -2.51. The van der Waals surface area contributed by atoms with E-state index in [0.717, 1.165) is 15.8 Å². The van der Waals surface area contributed by atoms with Crippen molar-refractivity contribution in [2.45, 2.75) is 39.3 Å². The SMILES string of the molecule is COc1ccc([C@H](C)NCC(=O)N[C@](C)(C#N)C(C)C)cc1Br. The summed E-state index contributed by atoms with van der Waals surface area (Å²) < 4.78 is 6.07. The first-order chi connectivity index (χ1) is 10.7. The van der Waals surface area contributed by atoms with Gasteiger partial charge >= 0.3 is 0 Å². The molecule has 0 heterocycles. The molecule has 1 aromatic rings. The summed E-state index contributed by atoms with van der Waals surface area (Å²) in [6.07, 6.45) is 0. The van der Waals surface area contributed by atoms with Crippen LogP contribution in [0.3, 0.4) is 0 Å². The Morgan fingerprint density at radius 1 is 1.43 bits per heavy atom. The van der Waals surface area contributed by atoms with Crippen LogP contribution in [-0.2, 0) is 4.79 Å². The van der Waals surface area contributed by atoms with Crippen LogP contribution in [0.15, 0.2) is 22.7 Å². The number of hydrogen-bond donors (Lipinski definition) is 2. The highest BCUT2D eigenvalue weighted by atomic mass is 79.9. The standard InChI is InChI=1S/C17H24BrN3O2/c1-11(2)17(4,10-19)21-16(22)9-20-12(3)13-6-7-15(23-5)14(18)8-13/h6-8,11-12,20H,9H2,1-5H3,(H,21,22)/t12-,17+/m0/s1. The number of halogens is 1. The third kappa shape index (κ3) is 5.22. The number of hydrogen-bond acceptors (Lipinski definition) is 4. The van der Waals surface area contributed by atoms with Crippen LogP contribution in [0.1, 0.15) is 39.3 Å². The number of rotatable bonds is 7. The number of nitrogens with zero attached hydrogens (tertiary/aromatic N) is 1. The lowest BCUT2D eigenvalue weighted by atomic mass is 9.90. The Bertz CT molecular complexity index is 598. The average molecular weight is 382 g/mol. The van der Waals surface area contributed by atoms with Crippen LogP contribution < -0.4 is 15.4 Å². The smallest absolute Gasteiger partial charge is 0.235 e. The average Bonchev–Trinajstić information content (AvgIpc) is 2.52. The molecule has 2 atom stereocenters. The first-order valence-electron chi connectivity index (χ1n) is 7.52. The third-order valence-electron chi connectivity index (χ3n) is 4.03. The molecule has 0 bridgehead atoms. The van der Waals surface area contributed by atoms with Crippen molar-refractivity contribution in [2.24, 2.45) is 5.92 Å². The van der Waals surface area contributed by atoms with E-state index < -0.39 is 5.54 Å². The van der Waals surface area contributed by atoms with Crippen LogP contribution in [0.4, 0.5) is 0 Å². The van der Waals surface area contributed by atoms with E-state index >= 15 is 0 Å². The highest BCUT2D eigenvalue weighted by Gasteiger charge is 2.29. The molecule has 2 N–H and O–H groups in total. The maximum atomic E-state index is 12.1. The van der Waals surface area contributed by atoms with Gasteiger partial charge in [0.25, 0.3) is 0 Å². The number of methoxy groups -OCH3 is 1. The Kier molecular flexibility index (Phi) is 7.04. The van der Waals surface area contributed by atoms with E-state index in [1.807, 2.05) is 39.0 Å². The molecule has 0 fully saturated rings. The summed E-state index contributed by atoms with van der Waals surface area (Å²) in [5.41, 5.74) is 0.183. The molecule has 0 aliphatic rings. The lowest BCUT2D eigenvalue weighted by molar-refractivity contribution is -0.122. The molecule has 1 amide bonds. The van der Waals surface area contributed by atoms with Crippen molar-refractivity contribution >= 4 is 21.8 Å². The van der Waals surface area contributed by atoms with Crippen LogP contribution in [0.2, 0.25) is 0 Å². The van der Waals surface area contributed by atoms with Crippen molar-refractivity contribution in [2.75, 3.05) is 13.7 Å². The maximum Gasteiger partial charge on any atom is 0.235 e. The van der Waals surface area contributed by atoms with E-state index in [-0.39, 0.29) is 24.4 Å². The lowest BCUT2D eigenvalue weighted by Gasteiger charge is -2.27. The van der Waals surface area contributed by atoms with Gasteiger partial charge in [0, 0.05) is 6.04 Å². The number of nitrogens with one attached hydrogen (secondary N) is 2. The van der Waals surface area contributed by atoms with E-state index in [9.17, 15) is 10.1 Å². The van der Waals surface area contributed by atoms with Gasteiger partial charge in [0.2, 0.25) is 5.91 Å². The Hall–Kier alpha value is -1.58. The molecule has 0 aliphatic heterocycles. The predicted octanol–water partition coefficient (Wildman–Crippen LogP) is 3.16. The summed E-state index contributed by atoms with van der Waals surface area (Å²) in [6.45, 7) is 7.69. The molecule has 126 valence electrons. The Balaban J connectivity index is 2.62. The van der Waals surface area contributed by atoms with Crippen molar-refractivity contribution in [3.8, 4) is 11.8 Å². The first kappa shape index (κ1) is 19.5. The van der Waals surface area contributed by atoms with Crippen molar-refractivity contribution in [1.82, 2.24) is 10.6 Å². The van der Waals surface area contributed by atoms with Crippen LogP contribution in [0.25, 0.3) is 0 Å². The van der Waals surface area contributed by atoms with Gasteiger partial charge in [-0.05, 0) is 53.4 Å². The van der Waals surface area contributed by atoms with Gasteiger partial charge in [0.1, 0.15) is 11.3 Å². The molecule has 1 aromatic carbocycles. The maximum absolute atomic E-state index is 12.1. The van der Waals surface area contributed by atoms with Crippen LogP contribution >= 0.6 is 15.9 Å². The normalized spacial score (nSPS) is 14.7. The van der Waals surface area contributed by atoms with E-state index in [0.29, 0.717) is 0 Å². The number of amides is 1. The first-order valence-corrected chi connectivity index (χ1v) is 8.32. The van der Waals surface area contributed by atoms with E-state index in [2.05, 4.69) is 32.6 Å². The fraction of sp³-hybridized carbons (Fsp3) is 0.529. The molecule has 0 saturated heterocycles. The molecular weight excluding hydrogens is 358 g/mol. The molecule has 1 rings (SSSR count). The third-order valence-corrected chi connectivity index (χ3v) is 4.65. The van der Waals surface area contributed by atoms with Gasteiger partial charge in [-0.2, -0.15) is 5.26 Å². The summed E-state index contributed by atoms with van der Waals surface area (Å²) in [7, 11) is 1.62. The Morgan fingerprint density at radius 3 is 2.57 bits per heavy atom. The fourth-order valence-electron chi connectivity index (χ4n) is 1.95. The fourth-order valence-corrected chi connectivity index (χ4v) is 2.51. The molecule has 0 radical (unpaired) electrons. The summed E-state index contributed by atoms with van der Waals surface area (Å²) in [5, 5.41) is 15.2. The number of benzene rings is 1. The number of carbonyl (C=O) groups is 1. The summed E-state index contributed by atoms with van der Waals surface area (Å²) in [5.74, 6) is 0.606. The summed E-state index contributed by atoms with van der Waals surface area (Å²) >= 11 is 3.45. The molecule has 6 heteroatoms. The largest absolute Gasteiger partial charge is 0.496 e. The van der Waals surface area contributed by atoms with Crippen molar-refractivity contribution in [3.05, 3.63) is 28.2 Å². The van der Waals surface area contributed by atoms with Crippen molar-refractivity contribution < 1.29 is 9.53 Å². The quantitative estimate of drug-likeness (QED) is 0.760. The zero-order valence-electron chi connectivity index (χ0n) is 14.2. The monoisotopic (exact) mass is 381 g/mol. The van der Waals surface area contributed by atoms with E-state index in [1.165, 1.54) is 0 Å². The van der Waals surface area contributed by atoms with Gasteiger partial charge in [0.15, 0.2) is 0 Å². The van der Waals surface area contributed by atoms with Crippen molar-refractivity contribution in [3.63, 3.8) is 0 Å². The van der Waals surface area contributed by atoms with Gasteiger partial charge in [-0.1, -0.05) is 19.9 Å². The predicted molar refractivity (Wildman–Crippen MR) is 94.1 cm³/mol. The Morgan fingerprint density at radius 2 is 2.09 bits per heavy atom. The molecule has 0 unspecified atom stereocenters. The molecule has 0 spiro atoms. The van der Waals surface area contributed by atoms with Gasteiger partial charge in [0.05, 0.1) is 24.2 Å². The second-order valence-corrected chi connectivity index (χ2v) is 6.87. The second-order valence-electron chi connectivity index (χ2n) is 6.01. The summed E-state index contributed by atoms with van der Waals surface area (Å²) in [6, 6.07) is 7.95. The molecule has 0 saturated carbocycles. The topological polar surface area (TPSA) is 74.2 Å². The minimum atomic E-state index is -0.856. The zero-order valence-corrected chi connectivity index (χ0v) is 15.8. The van der Waals surface area contributed by atoms with Crippen LogP contribution in [0.5, 0.6) is 5.75 Å². The molecule has 0 aromatic heterocycles. The number of ether oxygens (including phenoxy) is 1. The number of carbonyl (C=O) groups excluding carboxylic acids is 1. The molecule has 23 heavy (non-hydrogen) atoms. The highest BCUT2D eigenvalue weighted by molar-refractivity contribution is 9.10. The van der Waals surface area contributed by atoms with Gasteiger partial charge < -0.3 is 15.4 Å². The minimum Gasteiger partial charge on any atom is -0.496 e. The van der Waals surface area contributed by atoms with Crippen LogP contribution in [-0.4, -0.2) is 25.1 Å². The van der Waals surface area contributed by atoms with Gasteiger partial charge in [-0.25, -0.2) is 0 Å². The van der Waals surface area contributed by atoms with E-state index in [4.69, 9.17) is 4.74 Å².